The maximum absolute atomic E-state index is 13.3. The van der Waals surface area contributed by atoms with Gasteiger partial charge in [0.1, 0.15) is 4.90 Å². The number of hydrogen-bond acceptors (Lipinski definition) is 7. The lowest BCUT2D eigenvalue weighted by Gasteiger charge is -2.32. The molecule has 1 aliphatic rings. The van der Waals surface area contributed by atoms with E-state index >= 15 is 0 Å². The van der Waals surface area contributed by atoms with Crippen LogP contribution in [-0.2, 0) is 10.0 Å². The van der Waals surface area contributed by atoms with Gasteiger partial charge < -0.3 is 16.0 Å². The second-order valence-electron chi connectivity index (χ2n) is 7.74. The number of amides is 1. The molecular weight excluding hydrogens is 428 g/mol. The Morgan fingerprint density at radius 3 is 2.69 bits per heavy atom. The van der Waals surface area contributed by atoms with Crippen molar-refractivity contribution in [2.75, 3.05) is 25.0 Å². The number of primary amides is 1. The number of nitrogens with zero attached hydrogens (tertiary/aromatic N) is 4. The third kappa shape index (κ3) is 4.17. The number of rotatable bonds is 7. The maximum atomic E-state index is 13.3. The largest absolute Gasteiger partial charge is 0.382 e. The fraction of sp³-hybridized carbons (Fsp3) is 0.318. The summed E-state index contributed by atoms with van der Waals surface area (Å²) >= 11 is 0. The van der Waals surface area contributed by atoms with Gasteiger partial charge in [-0.25, -0.2) is 17.4 Å². The fourth-order valence-corrected chi connectivity index (χ4v) is 5.57. The van der Waals surface area contributed by atoms with Gasteiger partial charge >= 0.3 is 0 Å². The number of pyridine rings is 1. The SMILES string of the molecule is N#CCCN1CCC(Nc2ccnc3c2ccn3S(=O)(=O)c2ccccc2C(N)=O)CC1. The Morgan fingerprint density at radius 1 is 1.22 bits per heavy atom. The smallest absolute Gasteiger partial charge is 0.270 e. The van der Waals surface area contributed by atoms with Crippen molar-refractivity contribution in [1.29, 1.82) is 5.26 Å². The number of nitrogens with one attached hydrogen (secondary N) is 1. The van der Waals surface area contributed by atoms with Crippen molar-refractivity contribution in [2.24, 2.45) is 5.73 Å². The van der Waals surface area contributed by atoms with Crippen LogP contribution in [0.5, 0.6) is 0 Å². The number of nitrogens with two attached hydrogens (primary N) is 1. The van der Waals surface area contributed by atoms with Crippen LogP contribution in [0.4, 0.5) is 5.69 Å². The van der Waals surface area contributed by atoms with Crippen molar-refractivity contribution >= 4 is 32.7 Å². The first-order valence-electron chi connectivity index (χ1n) is 10.4. The number of benzene rings is 1. The number of carbonyl (C=O) groups excluding carboxylic acids is 1. The quantitative estimate of drug-likeness (QED) is 0.561. The molecule has 1 aromatic carbocycles. The van der Waals surface area contributed by atoms with Crippen molar-refractivity contribution in [1.82, 2.24) is 13.9 Å². The molecule has 0 atom stereocenters. The van der Waals surface area contributed by atoms with Crippen LogP contribution >= 0.6 is 0 Å². The lowest BCUT2D eigenvalue weighted by molar-refractivity contribution is 0.0997. The number of anilines is 1. The van der Waals surface area contributed by atoms with E-state index < -0.39 is 15.9 Å². The Hall–Kier alpha value is -3.42. The molecule has 0 spiro atoms. The molecule has 166 valence electrons. The van der Waals surface area contributed by atoms with E-state index in [9.17, 15) is 13.2 Å². The summed E-state index contributed by atoms with van der Waals surface area (Å²) in [6, 6.07) is 11.8. The van der Waals surface area contributed by atoms with E-state index in [4.69, 9.17) is 11.0 Å². The molecule has 0 aliphatic carbocycles. The highest BCUT2D eigenvalue weighted by atomic mass is 32.2. The second kappa shape index (κ2) is 8.98. The van der Waals surface area contributed by atoms with Crippen LogP contribution in [0.25, 0.3) is 11.0 Å². The minimum Gasteiger partial charge on any atom is -0.382 e. The highest BCUT2D eigenvalue weighted by molar-refractivity contribution is 7.90. The molecule has 32 heavy (non-hydrogen) atoms. The third-order valence-corrected chi connectivity index (χ3v) is 7.46. The van der Waals surface area contributed by atoms with E-state index in [0.717, 1.165) is 42.1 Å². The first-order valence-corrected chi connectivity index (χ1v) is 11.8. The van der Waals surface area contributed by atoms with Gasteiger partial charge in [-0.2, -0.15) is 5.26 Å². The van der Waals surface area contributed by atoms with E-state index in [-0.39, 0.29) is 22.1 Å². The monoisotopic (exact) mass is 452 g/mol. The summed E-state index contributed by atoms with van der Waals surface area (Å²) in [5.74, 6) is -0.808. The van der Waals surface area contributed by atoms with Crippen molar-refractivity contribution in [3.05, 3.63) is 54.4 Å². The lowest BCUT2D eigenvalue weighted by Crippen LogP contribution is -2.39. The average Bonchev–Trinajstić information content (AvgIpc) is 3.25. The predicted octanol–water partition coefficient (Wildman–Crippen LogP) is 2.16. The Morgan fingerprint density at radius 2 is 1.97 bits per heavy atom. The minimum absolute atomic E-state index is 0.0632. The van der Waals surface area contributed by atoms with Crippen LogP contribution in [0.2, 0.25) is 0 Å². The molecule has 1 fully saturated rings. The topological polar surface area (TPSA) is 134 Å². The molecule has 3 aromatic rings. The summed E-state index contributed by atoms with van der Waals surface area (Å²) in [6.45, 7) is 2.61. The van der Waals surface area contributed by atoms with E-state index in [2.05, 4.69) is 21.3 Å². The zero-order valence-electron chi connectivity index (χ0n) is 17.4. The molecule has 1 saturated heterocycles. The Balaban J connectivity index is 1.61. The predicted molar refractivity (Wildman–Crippen MR) is 121 cm³/mol. The number of fused-ring (bicyclic) bond motifs is 1. The van der Waals surface area contributed by atoms with Crippen LogP contribution in [0.15, 0.2) is 53.7 Å². The molecule has 2 aromatic heterocycles. The first-order chi connectivity index (χ1) is 15.4. The third-order valence-electron chi connectivity index (χ3n) is 5.73. The van der Waals surface area contributed by atoms with E-state index in [1.165, 1.54) is 18.3 Å². The fourth-order valence-electron chi connectivity index (χ4n) is 4.06. The van der Waals surface area contributed by atoms with Crippen LogP contribution in [0.1, 0.15) is 29.6 Å². The summed E-state index contributed by atoms with van der Waals surface area (Å²) in [5, 5.41) is 13.0. The average molecular weight is 453 g/mol. The summed E-state index contributed by atoms with van der Waals surface area (Å²) in [7, 11) is -4.07. The number of likely N-dealkylation sites (tertiary alicyclic amines) is 1. The van der Waals surface area contributed by atoms with Crippen LogP contribution in [-0.4, -0.2) is 53.9 Å². The molecule has 4 rings (SSSR count). The molecule has 9 nitrogen and oxygen atoms in total. The van der Waals surface area contributed by atoms with Crippen LogP contribution in [0, 0.1) is 11.3 Å². The Bertz CT molecular complexity index is 1290. The Kier molecular flexibility index (Phi) is 6.12. The summed E-state index contributed by atoms with van der Waals surface area (Å²) in [4.78, 5) is 18.2. The number of aromatic nitrogens is 2. The standard InChI is InChI=1S/C22H24N6O3S/c23-10-3-12-27-13-7-16(8-14-27)26-19-6-11-25-22-17(19)9-15-28(22)32(30,31)20-5-2-1-4-18(20)21(24)29/h1-2,4-6,9,11,15-16H,3,7-8,12-14H2,(H2,24,29)(H,25,26). The summed E-state index contributed by atoms with van der Waals surface area (Å²) < 4.78 is 27.7. The van der Waals surface area contributed by atoms with Crippen molar-refractivity contribution in [2.45, 2.75) is 30.2 Å². The summed E-state index contributed by atoms with van der Waals surface area (Å²) in [6.07, 6.45) is 5.41. The highest BCUT2D eigenvalue weighted by Crippen LogP contribution is 2.28. The second-order valence-corrected chi connectivity index (χ2v) is 9.52. The number of carbonyl (C=O) groups is 1. The molecule has 3 N–H and O–H groups in total. The van der Waals surface area contributed by atoms with Gasteiger partial charge in [-0.3, -0.25) is 4.79 Å². The minimum atomic E-state index is -4.07. The number of hydrogen-bond donors (Lipinski definition) is 2. The van der Waals surface area contributed by atoms with Gasteiger partial charge in [0.25, 0.3) is 10.0 Å². The zero-order chi connectivity index (χ0) is 22.7. The van der Waals surface area contributed by atoms with Crippen LogP contribution in [0.3, 0.4) is 0 Å². The molecule has 3 heterocycles. The van der Waals surface area contributed by atoms with Gasteiger partial charge in [0.15, 0.2) is 5.65 Å². The molecule has 1 amide bonds. The number of piperidine rings is 1. The van der Waals surface area contributed by atoms with Crippen molar-refractivity contribution < 1.29 is 13.2 Å². The van der Waals surface area contributed by atoms with Gasteiger partial charge in [-0.1, -0.05) is 12.1 Å². The molecular formula is C22H24N6O3S. The molecule has 10 heteroatoms. The van der Waals surface area contributed by atoms with E-state index in [1.54, 1.807) is 24.4 Å². The van der Waals surface area contributed by atoms with Gasteiger partial charge in [0.05, 0.1) is 11.6 Å². The Labute approximate surface area is 186 Å². The van der Waals surface area contributed by atoms with Gasteiger partial charge in [-0.05, 0) is 37.1 Å². The zero-order valence-corrected chi connectivity index (χ0v) is 18.3. The lowest BCUT2D eigenvalue weighted by atomic mass is 10.0. The molecule has 0 saturated carbocycles. The van der Waals surface area contributed by atoms with Gasteiger partial charge in [0.2, 0.25) is 5.91 Å². The van der Waals surface area contributed by atoms with Gasteiger partial charge in [-0.15, -0.1) is 0 Å². The summed E-state index contributed by atoms with van der Waals surface area (Å²) in [5.41, 5.74) is 6.41. The van der Waals surface area contributed by atoms with Crippen LogP contribution < -0.4 is 11.1 Å². The maximum Gasteiger partial charge on any atom is 0.270 e. The molecule has 0 unspecified atom stereocenters. The normalized spacial score (nSPS) is 15.5. The highest BCUT2D eigenvalue weighted by Gasteiger charge is 2.26. The van der Waals surface area contributed by atoms with Gasteiger partial charge in [0, 0.05) is 55.6 Å². The van der Waals surface area contributed by atoms with Crippen molar-refractivity contribution in [3.8, 4) is 6.07 Å². The molecule has 0 bridgehead atoms. The molecule has 0 radical (unpaired) electrons. The van der Waals surface area contributed by atoms with E-state index in [1.807, 2.05) is 6.07 Å². The van der Waals surface area contributed by atoms with Crippen molar-refractivity contribution in [3.63, 3.8) is 0 Å². The van der Waals surface area contributed by atoms with E-state index in [0.29, 0.717) is 11.8 Å². The molecule has 1 aliphatic heterocycles. The first kappa shape index (κ1) is 21.8. The number of nitriles is 1.